The molecule has 0 spiro atoms. The number of hydrogen-bond donors (Lipinski definition) is 2. The predicted octanol–water partition coefficient (Wildman–Crippen LogP) is 2.53. The zero-order chi connectivity index (χ0) is 14.0. The van der Waals surface area contributed by atoms with Crippen LogP contribution in [0.5, 0.6) is 0 Å². The smallest absolute Gasteiger partial charge is 0.326 e. The summed E-state index contributed by atoms with van der Waals surface area (Å²) in [7, 11) is 0. The fourth-order valence-electron chi connectivity index (χ4n) is 1.44. The van der Waals surface area contributed by atoms with Crippen LogP contribution in [0.25, 0.3) is 0 Å². The number of carbonyl (C=O) groups is 2. The first-order chi connectivity index (χ1) is 8.52. The Balaban J connectivity index is 3.92. The number of nitrogens with one attached hydrogen (secondary N) is 1. The van der Waals surface area contributed by atoms with Gasteiger partial charge in [-0.2, -0.15) is 11.8 Å². The monoisotopic (exact) mass is 275 g/mol. The van der Waals surface area contributed by atoms with Gasteiger partial charge >= 0.3 is 5.97 Å². The number of carbonyl (C=O) groups excluding carboxylic acids is 1. The lowest BCUT2D eigenvalue weighted by Gasteiger charge is -2.20. The molecule has 2 N–H and O–H groups in total. The minimum absolute atomic E-state index is 0.0424. The molecule has 0 unspecified atom stereocenters. The molecule has 0 bridgehead atoms. The van der Waals surface area contributed by atoms with Crippen LogP contribution < -0.4 is 5.32 Å². The second-order valence-electron chi connectivity index (χ2n) is 4.48. The number of unbranched alkanes of at least 4 members (excludes halogenated alkanes) is 1. The molecule has 2 atom stereocenters. The van der Waals surface area contributed by atoms with E-state index >= 15 is 0 Å². The Morgan fingerprint density at radius 1 is 1.28 bits per heavy atom. The summed E-state index contributed by atoms with van der Waals surface area (Å²) in [5.41, 5.74) is 0. The fourth-order valence-corrected chi connectivity index (χ4v) is 2.47. The van der Waals surface area contributed by atoms with E-state index in [1.54, 1.807) is 11.8 Å². The lowest BCUT2D eigenvalue weighted by Crippen LogP contribution is -2.45. The Morgan fingerprint density at radius 2 is 1.94 bits per heavy atom. The first-order valence-corrected chi connectivity index (χ1v) is 7.78. The van der Waals surface area contributed by atoms with E-state index in [1.165, 1.54) is 0 Å². The highest BCUT2D eigenvalue weighted by Gasteiger charge is 2.24. The van der Waals surface area contributed by atoms with Crippen molar-refractivity contribution in [3.63, 3.8) is 0 Å². The van der Waals surface area contributed by atoms with Gasteiger partial charge in [0, 0.05) is 12.2 Å². The number of carboxylic acids is 1. The van der Waals surface area contributed by atoms with Crippen LogP contribution in [0.4, 0.5) is 0 Å². The van der Waals surface area contributed by atoms with Gasteiger partial charge in [-0.1, -0.05) is 33.6 Å². The predicted molar refractivity (Wildman–Crippen MR) is 75.9 cm³/mol. The van der Waals surface area contributed by atoms with Crippen molar-refractivity contribution in [1.29, 1.82) is 0 Å². The molecule has 4 nitrogen and oxygen atoms in total. The highest BCUT2D eigenvalue weighted by molar-refractivity contribution is 7.99. The summed E-state index contributed by atoms with van der Waals surface area (Å²) in [4.78, 5) is 22.7. The Labute approximate surface area is 114 Å². The molecule has 1 amide bonds. The first-order valence-electron chi connectivity index (χ1n) is 6.62. The summed E-state index contributed by atoms with van der Waals surface area (Å²) in [5, 5.41) is 11.7. The van der Waals surface area contributed by atoms with Crippen LogP contribution in [0.1, 0.15) is 46.5 Å². The third kappa shape index (κ3) is 7.58. The SMILES string of the molecule is CCCCSCCC(=O)N[C@H](C(=O)O)[C@@H](C)CC. The average molecular weight is 275 g/mol. The van der Waals surface area contributed by atoms with Crippen molar-refractivity contribution in [2.24, 2.45) is 5.92 Å². The summed E-state index contributed by atoms with van der Waals surface area (Å²) in [6.07, 6.45) is 3.46. The van der Waals surface area contributed by atoms with E-state index in [1.807, 2.05) is 13.8 Å². The Morgan fingerprint density at radius 3 is 2.44 bits per heavy atom. The van der Waals surface area contributed by atoms with Crippen LogP contribution in [-0.2, 0) is 9.59 Å². The van der Waals surface area contributed by atoms with Crippen molar-refractivity contribution in [3.05, 3.63) is 0 Å². The van der Waals surface area contributed by atoms with Crippen molar-refractivity contribution in [1.82, 2.24) is 5.32 Å². The molecule has 0 aliphatic carbocycles. The molecule has 0 aromatic heterocycles. The van der Waals surface area contributed by atoms with Gasteiger partial charge in [-0.15, -0.1) is 0 Å². The second-order valence-corrected chi connectivity index (χ2v) is 5.71. The van der Waals surface area contributed by atoms with E-state index in [0.717, 1.165) is 30.8 Å². The van der Waals surface area contributed by atoms with E-state index in [4.69, 9.17) is 5.11 Å². The van der Waals surface area contributed by atoms with Gasteiger partial charge in [0.1, 0.15) is 6.04 Å². The van der Waals surface area contributed by atoms with Crippen LogP contribution in [0.2, 0.25) is 0 Å². The molecule has 0 aromatic carbocycles. The number of aliphatic carboxylic acids is 1. The van der Waals surface area contributed by atoms with Gasteiger partial charge in [-0.25, -0.2) is 4.79 Å². The van der Waals surface area contributed by atoms with E-state index in [0.29, 0.717) is 6.42 Å². The lowest BCUT2D eigenvalue weighted by molar-refractivity contribution is -0.143. The van der Waals surface area contributed by atoms with Crippen molar-refractivity contribution < 1.29 is 14.7 Å². The van der Waals surface area contributed by atoms with Gasteiger partial charge in [0.05, 0.1) is 0 Å². The molecule has 5 heteroatoms. The van der Waals surface area contributed by atoms with Crippen molar-refractivity contribution in [2.45, 2.75) is 52.5 Å². The van der Waals surface area contributed by atoms with Crippen molar-refractivity contribution in [3.8, 4) is 0 Å². The van der Waals surface area contributed by atoms with Crippen molar-refractivity contribution >= 4 is 23.6 Å². The molecule has 0 saturated heterocycles. The third-order valence-electron chi connectivity index (χ3n) is 2.91. The van der Waals surface area contributed by atoms with E-state index < -0.39 is 12.0 Å². The van der Waals surface area contributed by atoms with Gasteiger partial charge in [-0.05, 0) is 18.1 Å². The Bertz CT molecular complexity index is 259. The van der Waals surface area contributed by atoms with Crippen LogP contribution in [0.15, 0.2) is 0 Å². The van der Waals surface area contributed by atoms with Crippen LogP contribution in [-0.4, -0.2) is 34.5 Å². The van der Waals surface area contributed by atoms with Crippen LogP contribution >= 0.6 is 11.8 Å². The normalized spacial score (nSPS) is 13.9. The number of thioether (sulfide) groups is 1. The number of carboxylic acid groups (broad SMARTS) is 1. The fraction of sp³-hybridized carbons (Fsp3) is 0.846. The second kappa shape index (κ2) is 10.2. The van der Waals surface area contributed by atoms with Gasteiger partial charge in [0.15, 0.2) is 0 Å². The third-order valence-corrected chi connectivity index (χ3v) is 3.98. The van der Waals surface area contributed by atoms with E-state index in [-0.39, 0.29) is 11.8 Å². The summed E-state index contributed by atoms with van der Waals surface area (Å²) in [6, 6.07) is -0.761. The molecule has 0 aromatic rings. The minimum Gasteiger partial charge on any atom is -0.480 e. The van der Waals surface area contributed by atoms with Gasteiger partial charge < -0.3 is 10.4 Å². The summed E-state index contributed by atoms with van der Waals surface area (Å²) in [5.74, 6) is 0.679. The molecular weight excluding hydrogens is 250 g/mol. The summed E-state index contributed by atoms with van der Waals surface area (Å²) >= 11 is 1.75. The maximum Gasteiger partial charge on any atom is 0.326 e. The zero-order valence-corrected chi connectivity index (χ0v) is 12.4. The van der Waals surface area contributed by atoms with Gasteiger partial charge in [0.25, 0.3) is 0 Å². The maximum absolute atomic E-state index is 11.6. The molecule has 0 radical (unpaired) electrons. The van der Waals surface area contributed by atoms with Crippen LogP contribution in [0, 0.1) is 5.92 Å². The van der Waals surface area contributed by atoms with Crippen LogP contribution in [0.3, 0.4) is 0 Å². The lowest BCUT2D eigenvalue weighted by atomic mass is 9.99. The Hall–Kier alpha value is -0.710. The Kier molecular flexibility index (Phi) is 9.83. The highest BCUT2D eigenvalue weighted by Crippen LogP contribution is 2.09. The van der Waals surface area contributed by atoms with E-state index in [9.17, 15) is 9.59 Å². The molecule has 0 aliphatic heterocycles. The topological polar surface area (TPSA) is 66.4 Å². The van der Waals surface area contributed by atoms with E-state index in [2.05, 4.69) is 12.2 Å². The number of amides is 1. The largest absolute Gasteiger partial charge is 0.480 e. The van der Waals surface area contributed by atoms with Gasteiger partial charge in [0.2, 0.25) is 5.91 Å². The molecule has 0 aliphatic rings. The quantitative estimate of drug-likeness (QED) is 0.601. The molecule has 0 heterocycles. The standard InChI is InChI=1S/C13H25NO3S/c1-4-6-8-18-9-7-11(15)14-12(13(16)17)10(3)5-2/h10,12H,4-9H2,1-3H3,(H,14,15)(H,16,17)/t10-,12-/m0/s1. The highest BCUT2D eigenvalue weighted by atomic mass is 32.2. The average Bonchev–Trinajstić information content (AvgIpc) is 2.34. The first kappa shape index (κ1) is 17.3. The molecule has 0 saturated carbocycles. The maximum atomic E-state index is 11.6. The zero-order valence-electron chi connectivity index (χ0n) is 11.6. The van der Waals surface area contributed by atoms with Crippen molar-refractivity contribution in [2.75, 3.05) is 11.5 Å². The molecule has 18 heavy (non-hydrogen) atoms. The summed E-state index contributed by atoms with van der Waals surface area (Å²) < 4.78 is 0. The number of hydrogen-bond acceptors (Lipinski definition) is 3. The summed E-state index contributed by atoms with van der Waals surface area (Å²) in [6.45, 7) is 5.90. The van der Waals surface area contributed by atoms with Gasteiger partial charge in [-0.3, -0.25) is 4.79 Å². The molecular formula is C13H25NO3S. The molecule has 106 valence electrons. The molecule has 0 fully saturated rings. The minimum atomic E-state index is -0.948. The number of rotatable bonds is 10. The molecule has 0 rings (SSSR count).